The summed E-state index contributed by atoms with van der Waals surface area (Å²) in [6.45, 7) is 3.45. The van der Waals surface area contributed by atoms with Gasteiger partial charge in [-0.05, 0) is 55.4 Å². The van der Waals surface area contributed by atoms with Crippen molar-refractivity contribution in [1.82, 2.24) is 0 Å². The van der Waals surface area contributed by atoms with Gasteiger partial charge in [-0.2, -0.15) is 0 Å². The molecule has 6 heteroatoms. The van der Waals surface area contributed by atoms with Crippen molar-refractivity contribution in [2.75, 3.05) is 37.8 Å². The fourth-order valence-electron chi connectivity index (χ4n) is 5.65. The molecule has 1 N–H and O–H groups in total. The number of aromatic hydroxyl groups is 1. The van der Waals surface area contributed by atoms with Crippen molar-refractivity contribution in [2.45, 2.75) is 31.6 Å². The third-order valence-corrected chi connectivity index (χ3v) is 7.47. The number of fused-ring (bicyclic) bond motifs is 1. The Morgan fingerprint density at radius 1 is 1.03 bits per heavy atom. The molecule has 0 radical (unpaired) electrons. The second-order valence-corrected chi connectivity index (χ2v) is 9.30. The minimum atomic E-state index is -0.218. The molecule has 3 aliphatic rings. The Morgan fingerprint density at radius 2 is 1.81 bits per heavy atom. The first-order valence-corrected chi connectivity index (χ1v) is 11.7. The van der Waals surface area contributed by atoms with Crippen LogP contribution in [0.1, 0.15) is 42.7 Å². The first kappa shape index (κ1) is 21.3. The molecule has 32 heavy (non-hydrogen) atoms. The van der Waals surface area contributed by atoms with Gasteiger partial charge in [0.15, 0.2) is 0 Å². The lowest BCUT2D eigenvalue weighted by Crippen LogP contribution is -2.36. The minimum absolute atomic E-state index is 0.00630. The standard InChI is InChI=1S/C26H30FNO4/c27-23-13-19(1-4-24(23)28-9-5-17(15-29)6-10-28)26-21-3-2-20(30)14-25(21)32-16-22(26)18-7-11-31-12-8-18/h1-4,13-15,17-18,22,26,30H,5-12,16H2/t22-,26-/m1/s1. The Kier molecular flexibility index (Phi) is 6.05. The molecule has 3 aliphatic heterocycles. The highest BCUT2D eigenvalue weighted by molar-refractivity contribution is 5.57. The Balaban J connectivity index is 1.47. The number of anilines is 1. The van der Waals surface area contributed by atoms with Crippen LogP contribution in [0.5, 0.6) is 11.5 Å². The average molecular weight is 440 g/mol. The monoisotopic (exact) mass is 439 g/mol. The van der Waals surface area contributed by atoms with Crippen molar-refractivity contribution in [3.05, 3.63) is 53.3 Å². The second kappa shape index (κ2) is 9.10. The topological polar surface area (TPSA) is 59.0 Å². The Hall–Kier alpha value is -2.60. The molecule has 3 heterocycles. The average Bonchev–Trinajstić information content (AvgIpc) is 2.84. The first-order valence-electron chi connectivity index (χ1n) is 11.7. The number of ether oxygens (including phenoxy) is 2. The molecule has 0 amide bonds. The fraction of sp³-hybridized carbons (Fsp3) is 0.500. The van der Waals surface area contributed by atoms with E-state index in [1.54, 1.807) is 18.2 Å². The summed E-state index contributed by atoms with van der Waals surface area (Å²) in [5, 5.41) is 9.94. The van der Waals surface area contributed by atoms with Gasteiger partial charge in [0.05, 0.1) is 12.3 Å². The molecule has 5 rings (SSSR count). The molecule has 170 valence electrons. The number of halogens is 1. The highest BCUT2D eigenvalue weighted by Gasteiger charge is 2.38. The Labute approximate surface area is 188 Å². The molecule has 0 bridgehead atoms. The largest absolute Gasteiger partial charge is 0.508 e. The molecule has 2 saturated heterocycles. The maximum absolute atomic E-state index is 15.4. The van der Waals surface area contributed by atoms with Gasteiger partial charge in [-0.25, -0.2) is 4.39 Å². The van der Waals surface area contributed by atoms with Crippen molar-refractivity contribution >= 4 is 12.0 Å². The summed E-state index contributed by atoms with van der Waals surface area (Å²) in [5.74, 6) is 1.40. The van der Waals surface area contributed by atoms with Gasteiger partial charge in [-0.3, -0.25) is 0 Å². The maximum Gasteiger partial charge on any atom is 0.146 e. The number of phenolic OH excluding ortho intramolecular Hbond substituents is 1. The van der Waals surface area contributed by atoms with Gasteiger partial charge < -0.3 is 24.3 Å². The van der Waals surface area contributed by atoms with Crippen LogP contribution in [0.3, 0.4) is 0 Å². The molecule has 5 nitrogen and oxygen atoms in total. The Bertz CT molecular complexity index is 966. The number of piperidine rings is 1. The number of hydrogen-bond acceptors (Lipinski definition) is 5. The van der Waals surface area contributed by atoms with Gasteiger partial charge >= 0.3 is 0 Å². The number of hydrogen-bond donors (Lipinski definition) is 1. The molecule has 2 aromatic rings. The summed E-state index contributed by atoms with van der Waals surface area (Å²) in [4.78, 5) is 13.1. The molecule has 2 aromatic carbocycles. The molecule has 0 aliphatic carbocycles. The van der Waals surface area contributed by atoms with Gasteiger partial charge in [0.2, 0.25) is 0 Å². The van der Waals surface area contributed by atoms with Gasteiger partial charge in [0.25, 0.3) is 0 Å². The lowest BCUT2D eigenvalue weighted by molar-refractivity contribution is -0.111. The predicted molar refractivity (Wildman–Crippen MR) is 120 cm³/mol. The van der Waals surface area contributed by atoms with E-state index >= 15 is 4.39 Å². The maximum atomic E-state index is 15.4. The molecular formula is C26H30FNO4. The number of rotatable bonds is 4. The number of carbonyl (C=O) groups is 1. The third kappa shape index (κ3) is 4.08. The van der Waals surface area contributed by atoms with Gasteiger partial charge in [0, 0.05) is 55.7 Å². The highest BCUT2D eigenvalue weighted by Crippen LogP contribution is 2.47. The van der Waals surface area contributed by atoms with Crippen LogP contribution in [0.4, 0.5) is 10.1 Å². The number of benzene rings is 2. The number of phenols is 1. The predicted octanol–water partition coefficient (Wildman–Crippen LogP) is 4.51. The molecule has 0 spiro atoms. The van der Waals surface area contributed by atoms with E-state index in [1.807, 2.05) is 23.1 Å². The van der Waals surface area contributed by atoms with E-state index in [4.69, 9.17) is 9.47 Å². The lowest BCUT2D eigenvalue weighted by Gasteiger charge is -2.40. The van der Waals surface area contributed by atoms with Crippen LogP contribution in [0, 0.1) is 23.6 Å². The van der Waals surface area contributed by atoms with Crippen molar-refractivity contribution in [3.8, 4) is 11.5 Å². The number of aldehydes is 1. The van der Waals surface area contributed by atoms with Crippen LogP contribution in [0.2, 0.25) is 0 Å². The smallest absolute Gasteiger partial charge is 0.146 e. The Morgan fingerprint density at radius 3 is 2.53 bits per heavy atom. The summed E-state index contributed by atoms with van der Waals surface area (Å²) in [6, 6.07) is 10.9. The zero-order valence-corrected chi connectivity index (χ0v) is 18.2. The summed E-state index contributed by atoms with van der Waals surface area (Å²) in [5.41, 5.74) is 2.56. The van der Waals surface area contributed by atoms with Crippen LogP contribution < -0.4 is 9.64 Å². The zero-order valence-electron chi connectivity index (χ0n) is 18.2. The van der Waals surface area contributed by atoms with Gasteiger partial charge in [0.1, 0.15) is 23.6 Å². The normalized spacial score (nSPS) is 24.6. The lowest BCUT2D eigenvalue weighted by atomic mass is 9.71. The van der Waals surface area contributed by atoms with Crippen molar-refractivity contribution in [3.63, 3.8) is 0 Å². The summed E-state index contributed by atoms with van der Waals surface area (Å²) < 4.78 is 27.0. The summed E-state index contributed by atoms with van der Waals surface area (Å²) >= 11 is 0. The molecule has 0 unspecified atom stereocenters. The van der Waals surface area contributed by atoms with Gasteiger partial charge in [-0.1, -0.05) is 12.1 Å². The van der Waals surface area contributed by atoms with E-state index in [9.17, 15) is 9.90 Å². The van der Waals surface area contributed by atoms with Crippen molar-refractivity contribution in [1.29, 1.82) is 0 Å². The number of carbonyl (C=O) groups excluding carboxylic acids is 1. The van der Waals surface area contributed by atoms with Gasteiger partial charge in [-0.15, -0.1) is 0 Å². The fourth-order valence-corrected chi connectivity index (χ4v) is 5.65. The number of nitrogens with zero attached hydrogens (tertiary/aromatic N) is 1. The molecular weight excluding hydrogens is 409 g/mol. The summed E-state index contributed by atoms with van der Waals surface area (Å²) in [6.07, 6.45) is 4.52. The van der Waals surface area contributed by atoms with Crippen LogP contribution >= 0.6 is 0 Å². The molecule has 0 aromatic heterocycles. The van der Waals surface area contributed by atoms with Crippen LogP contribution in [-0.2, 0) is 9.53 Å². The van der Waals surface area contributed by atoms with Crippen LogP contribution in [0.15, 0.2) is 36.4 Å². The van der Waals surface area contributed by atoms with Crippen LogP contribution in [0.25, 0.3) is 0 Å². The van der Waals surface area contributed by atoms with E-state index in [-0.39, 0.29) is 29.3 Å². The van der Waals surface area contributed by atoms with E-state index in [0.29, 0.717) is 37.1 Å². The molecule has 2 atom stereocenters. The van der Waals surface area contributed by atoms with Crippen molar-refractivity contribution < 1.29 is 23.8 Å². The van der Waals surface area contributed by atoms with E-state index in [0.717, 1.165) is 56.3 Å². The quantitative estimate of drug-likeness (QED) is 0.710. The minimum Gasteiger partial charge on any atom is -0.508 e. The van der Waals surface area contributed by atoms with E-state index in [2.05, 4.69) is 0 Å². The third-order valence-electron chi connectivity index (χ3n) is 7.47. The van der Waals surface area contributed by atoms with E-state index < -0.39 is 0 Å². The first-order chi connectivity index (χ1) is 15.6. The second-order valence-electron chi connectivity index (χ2n) is 9.30. The highest BCUT2D eigenvalue weighted by atomic mass is 19.1. The zero-order chi connectivity index (χ0) is 22.1. The van der Waals surface area contributed by atoms with E-state index in [1.165, 1.54) is 0 Å². The van der Waals surface area contributed by atoms with Crippen molar-refractivity contribution in [2.24, 2.45) is 17.8 Å². The molecule has 0 saturated carbocycles. The molecule has 2 fully saturated rings. The summed E-state index contributed by atoms with van der Waals surface area (Å²) in [7, 11) is 0. The van der Waals surface area contributed by atoms with Crippen LogP contribution in [-0.4, -0.2) is 44.3 Å². The SMILES string of the molecule is O=CC1CCN(c2ccc([C@@H]3c4ccc(O)cc4OC[C@@H]3C3CCOCC3)cc2F)CC1.